The first-order chi connectivity index (χ1) is 11.1. The number of halogens is 2. The second-order valence-corrected chi connectivity index (χ2v) is 6.22. The second kappa shape index (κ2) is 11.6. The Kier molecular flexibility index (Phi) is 11.1. The maximum Gasteiger partial charge on any atom is 0.244 e. The monoisotopic (exact) mass is 391 g/mol. The maximum absolute atomic E-state index is 12.3. The van der Waals surface area contributed by atoms with E-state index >= 15 is 0 Å². The number of nitrogens with two attached hydrogens (primary N) is 1. The van der Waals surface area contributed by atoms with Gasteiger partial charge in [-0.25, -0.2) is 0 Å². The van der Waals surface area contributed by atoms with E-state index in [-0.39, 0.29) is 30.7 Å². The van der Waals surface area contributed by atoms with Crippen LogP contribution in [-0.2, 0) is 4.79 Å². The van der Waals surface area contributed by atoms with Crippen molar-refractivity contribution in [2.75, 3.05) is 31.6 Å². The molecule has 0 saturated heterocycles. The number of carbonyl (C=O) groups is 1. The van der Waals surface area contributed by atoms with Crippen molar-refractivity contribution >= 4 is 36.4 Å². The van der Waals surface area contributed by atoms with Gasteiger partial charge in [0.2, 0.25) is 5.91 Å². The van der Waals surface area contributed by atoms with Crippen LogP contribution < -0.4 is 15.8 Å². The molecule has 0 atom stereocenters. The van der Waals surface area contributed by atoms with Crippen molar-refractivity contribution in [1.82, 2.24) is 4.90 Å². The molecule has 1 aromatic rings. The summed E-state index contributed by atoms with van der Waals surface area (Å²) in [6, 6.07) is 7.50. The van der Waals surface area contributed by atoms with Gasteiger partial charge in [-0.05, 0) is 50.2 Å². The van der Waals surface area contributed by atoms with Crippen molar-refractivity contribution in [3.05, 3.63) is 24.3 Å². The highest BCUT2D eigenvalue weighted by Gasteiger charge is 2.36. The molecule has 5 nitrogen and oxygen atoms in total. The fourth-order valence-electron chi connectivity index (χ4n) is 2.96. The van der Waals surface area contributed by atoms with Gasteiger partial charge in [-0.15, -0.1) is 24.8 Å². The molecule has 0 unspecified atom stereocenters. The van der Waals surface area contributed by atoms with Crippen LogP contribution in [-0.4, -0.2) is 42.6 Å². The second-order valence-electron chi connectivity index (χ2n) is 6.22. The molecule has 0 bridgehead atoms. The van der Waals surface area contributed by atoms with E-state index in [0.717, 1.165) is 56.8 Å². The van der Waals surface area contributed by atoms with Crippen LogP contribution in [0.4, 0.5) is 5.69 Å². The average Bonchev–Trinajstić information content (AvgIpc) is 3.01. The van der Waals surface area contributed by atoms with Crippen LogP contribution >= 0.6 is 24.8 Å². The van der Waals surface area contributed by atoms with Crippen LogP contribution in [0.25, 0.3) is 0 Å². The molecule has 1 amide bonds. The van der Waals surface area contributed by atoms with E-state index in [1.807, 2.05) is 24.3 Å². The molecule has 1 saturated carbocycles. The number of nitrogens with one attached hydrogen (secondary N) is 1. The number of ether oxygens (including phenoxy) is 1. The largest absolute Gasteiger partial charge is 0.492 e. The summed E-state index contributed by atoms with van der Waals surface area (Å²) >= 11 is 0. The quantitative estimate of drug-likeness (QED) is 0.711. The first-order valence-corrected chi connectivity index (χ1v) is 8.63. The lowest BCUT2D eigenvalue weighted by molar-refractivity contribution is -0.121. The van der Waals surface area contributed by atoms with Gasteiger partial charge in [0.05, 0.1) is 5.54 Å². The molecule has 0 aromatic heterocycles. The molecule has 0 spiro atoms. The Morgan fingerprint density at radius 3 is 2.24 bits per heavy atom. The predicted molar refractivity (Wildman–Crippen MR) is 108 cm³/mol. The lowest BCUT2D eigenvalue weighted by Crippen LogP contribution is -2.48. The molecule has 0 heterocycles. The molecule has 144 valence electrons. The van der Waals surface area contributed by atoms with Crippen LogP contribution in [0.15, 0.2) is 24.3 Å². The smallest absolute Gasteiger partial charge is 0.244 e. The summed E-state index contributed by atoms with van der Waals surface area (Å²) in [5.41, 5.74) is 6.23. The van der Waals surface area contributed by atoms with Gasteiger partial charge in [0.1, 0.15) is 12.4 Å². The van der Waals surface area contributed by atoms with Crippen molar-refractivity contribution in [3.63, 3.8) is 0 Å². The summed E-state index contributed by atoms with van der Waals surface area (Å²) < 4.78 is 5.74. The fourth-order valence-corrected chi connectivity index (χ4v) is 2.96. The first-order valence-electron chi connectivity index (χ1n) is 8.63. The van der Waals surface area contributed by atoms with Crippen LogP contribution in [0.3, 0.4) is 0 Å². The van der Waals surface area contributed by atoms with E-state index in [2.05, 4.69) is 24.1 Å². The summed E-state index contributed by atoms with van der Waals surface area (Å²) in [6.45, 7) is 7.95. The molecule has 25 heavy (non-hydrogen) atoms. The molecule has 1 aliphatic carbocycles. The highest BCUT2D eigenvalue weighted by atomic mass is 35.5. The van der Waals surface area contributed by atoms with Crippen LogP contribution in [0.2, 0.25) is 0 Å². The van der Waals surface area contributed by atoms with Gasteiger partial charge in [0.15, 0.2) is 0 Å². The fraction of sp³-hybridized carbons (Fsp3) is 0.611. The van der Waals surface area contributed by atoms with Gasteiger partial charge < -0.3 is 20.7 Å². The third-order valence-corrected chi connectivity index (χ3v) is 4.63. The van der Waals surface area contributed by atoms with E-state index < -0.39 is 5.54 Å². The Morgan fingerprint density at radius 2 is 1.72 bits per heavy atom. The maximum atomic E-state index is 12.3. The number of rotatable bonds is 8. The molecule has 1 fully saturated rings. The molecule has 2 rings (SSSR count). The minimum atomic E-state index is -0.696. The molecule has 0 radical (unpaired) electrons. The number of carbonyl (C=O) groups excluding carboxylic acids is 1. The van der Waals surface area contributed by atoms with E-state index in [0.29, 0.717) is 6.61 Å². The Morgan fingerprint density at radius 1 is 1.16 bits per heavy atom. The van der Waals surface area contributed by atoms with E-state index in [9.17, 15) is 4.79 Å². The lowest BCUT2D eigenvalue weighted by atomic mass is 9.98. The highest BCUT2D eigenvalue weighted by Crippen LogP contribution is 2.28. The zero-order valence-corrected chi connectivity index (χ0v) is 16.8. The number of nitrogens with zero attached hydrogens (tertiary/aromatic N) is 1. The minimum Gasteiger partial charge on any atom is -0.492 e. The Hall–Kier alpha value is -1.01. The topological polar surface area (TPSA) is 67.6 Å². The number of benzene rings is 1. The zero-order chi connectivity index (χ0) is 16.7. The van der Waals surface area contributed by atoms with Crippen LogP contribution in [0.1, 0.15) is 39.5 Å². The molecule has 0 aliphatic heterocycles. The van der Waals surface area contributed by atoms with Crippen molar-refractivity contribution in [3.8, 4) is 5.75 Å². The number of likely N-dealkylation sites (N-methyl/N-ethyl adjacent to an activating group) is 1. The molecule has 7 heteroatoms. The third kappa shape index (κ3) is 7.02. The van der Waals surface area contributed by atoms with Crippen LogP contribution in [0, 0.1) is 0 Å². The molecule has 1 aliphatic rings. The Bertz CT molecular complexity index is 502. The lowest BCUT2D eigenvalue weighted by Gasteiger charge is -2.22. The molecular weight excluding hydrogens is 361 g/mol. The van der Waals surface area contributed by atoms with Gasteiger partial charge in [0.25, 0.3) is 0 Å². The molecule has 3 N–H and O–H groups in total. The van der Waals surface area contributed by atoms with Crippen molar-refractivity contribution in [1.29, 1.82) is 0 Å². The number of anilines is 1. The van der Waals surface area contributed by atoms with E-state index in [1.165, 1.54) is 0 Å². The third-order valence-electron chi connectivity index (χ3n) is 4.63. The number of hydrogen-bond acceptors (Lipinski definition) is 4. The van der Waals surface area contributed by atoms with Gasteiger partial charge >= 0.3 is 0 Å². The average molecular weight is 392 g/mol. The minimum absolute atomic E-state index is 0. The van der Waals surface area contributed by atoms with E-state index in [1.54, 1.807) is 0 Å². The van der Waals surface area contributed by atoms with Crippen LogP contribution in [0.5, 0.6) is 5.75 Å². The summed E-state index contributed by atoms with van der Waals surface area (Å²) in [4.78, 5) is 14.6. The van der Waals surface area contributed by atoms with E-state index in [4.69, 9.17) is 10.5 Å². The predicted octanol–water partition coefficient (Wildman–Crippen LogP) is 3.46. The SMILES string of the molecule is CCN(CC)CCOc1ccc(NC(=O)C2(N)CCCC2)cc1.Cl.Cl. The summed E-state index contributed by atoms with van der Waals surface area (Å²) in [5.74, 6) is 0.740. The van der Waals surface area contributed by atoms with Crippen molar-refractivity contribution < 1.29 is 9.53 Å². The Labute approximate surface area is 163 Å². The van der Waals surface area contributed by atoms with Crippen molar-refractivity contribution in [2.24, 2.45) is 5.73 Å². The first kappa shape index (κ1) is 24.0. The zero-order valence-electron chi connectivity index (χ0n) is 15.1. The Balaban J connectivity index is 0.00000288. The summed E-state index contributed by atoms with van der Waals surface area (Å²) in [6.07, 6.45) is 3.60. The standard InChI is InChI=1S/C18H29N3O2.2ClH/c1-3-21(4-2)13-14-23-16-9-7-15(8-10-16)20-17(22)18(19)11-5-6-12-18;;/h7-10H,3-6,11-14,19H2,1-2H3,(H,20,22);2*1H. The molecule has 1 aromatic carbocycles. The number of hydrogen-bond donors (Lipinski definition) is 2. The van der Waals surface area contributed by atoms with Gasteiger partial charge in [-0.3, -0.25) is 4.79 Å². The normalized spacial score (nSPS) is 15.2. The summed E-state index contributed by atoms with van der Waals surface area (Å²) in [7, 11) is 0. The van der Waals surface area contributed by atoms with Crippen molar-refractivity contribution in [2.45, 2.75) is 45.1 Å². The van der Waals surface area contributed by atoms with Gasteiger partial charge in [0, 0.05) is 12.2 Å². The summed E-state index contributed by atoms with van der Waals surface area (Å²) in [5, 5.41) is 2.92. The molecular formula is C18H31Cl2N3O2. The van der Waals surface area contributed by atoms with Gasteiger partial charge in [-0.1, -0.05) is 26.7 Å². The highest BCUT2D eigenvalue weighted by molar-refractivity contribution is 5.98. The van der Waals surface area contributed by atoms with Gasteiger partial charge in [-0.2, -0.15) is 0 Å². The number of amides is 1.